The number of hydrogen-bond donors (Lipinski definition) is 2. The zero-order chi connectivity index (χ0) is 15.6. The molecule has 2 aromatic rings. The van der Waals surface area contributed by atoms with Crippen LogP contribution in [-0.4, -0.2) is 16.9 Å². The molecular weight excluding hydrogens is 348 g/mol. The van der Waals surface area contributed by atoms with E-state index < -0.39 is 0 Å². The Bertz CT molecular complexity index is 700. The molecule has 0 bridgehead atoms. The number of nitrogens with one attached hydrogen (secondary N) is 1. The number of rotatable bonds is 4. The van der Waals surface area contributed by atoms with Crippen molar-refractivity contribution in [3.63, 3.8) is 0 Å². The van der Waals surface area contributed by atoms with Gasteiger partial charge < -0.3 is 11.1 Å². The molecule has 0 fully saturated rings. The largest absolute Gasteiger partial charge is 0.392 e. The standard InChI is InChI=1S/C16H17BrN2OS/c1-9(2)14(15(18)21)19-16(20)12-8-7-10-5-3-4-6-11(10)13(12)17/h3-9,14H,1-2H3,(H2,18,21)(H,19,20). The van der Waals surface area contributed by atoms with Crippen LogP contribution in [0.25, 0.3) is 10.8 Å². The minimum atomic E-state index is -0.314. The number of carbonyl (C=O) groups is 1. The van der Waals surface area contributed by atoms with Crippen LogP contribution in [0.4, 0.5) is 0 Å². The van der Waals surface area contributed by atoms with Gasteiger partial charge in [0, 0.05) is 4.47 Å². The molecule has 2 aromatic carbocycles. The fraction of sp³-hybridized carbons (Fsp3) is 0.250. The molecule has 0 spiro atoms. The fourth-order valence-electron chi connectivity index (χ4n) is 2.19. The maximum absolute atomic E-state index is 12.5. The van der Waals surface area contributed by atoms with Crippen LogP contribution >= 0.6 is 28.1 Å². The molecule has 5 heteroatoms. The molecule has 3 N–H and O–H groups in total. The van der Waals surface area contributed by atoms with Crippen molar-refractivity contribution in [2.45, 2.75) is 19.9 Å². The average Bonchev–Trinajstić information content (AvgIpc) is 2.44. The smallest absolute Gasteiger partial charge is 0.253 e. The van der Waals surface area contributed by atoms with Gasteiger partial charge >= 0.3 is 0 Å². The van der Waals surface area contributed by atoms with Gasteiger partial charge in [-0.25, -0.2) is 0 Å². The van der Waals surface area contributed by atoms with Crippen molar-refractivity contribution in [2.75, 3.05) is 0 Å². The predicted molar refractivity (Wildman–Crippen MR) is 94.5 cm³/mol. The molecular formula is C16H17BrN2OS. The van der Waals surface area contributed by atoms with E-state index in [-0.39, 0.29) is 17.9 Å². The van der Waals surface area contributed by atoms with Gasteiger partial charge in [-0.2, -0.15) is 0 Å². The summed E-state index contributed by atoms with van der Waals surface area (Å²) in [5.41, 5.74) is 6.28. The molecule has 3 nitrogen and oxygen atoms in total. The summed E-state index contributed by atoms with van der Waals surface area (Å²) in [7, 11) is 0. The second kappa shape index (κ2) is 6.54. The molecule has 0 radical (unpaired) electrons. The van der Waals surface area contributed by atoms with Gasteiger partial charge in [-0.1, -0.05) is 56.4 Å². The van der Waals surface area contributed by atoms with Gasteiger partial charge in [0.15, 0.2) is 0 Å². The monoisotopic (exact) mass is 364 g/mol. The van der Waals surface area contributed by atoms with E-state index in [1.165, 1.54) is 0 Å². The molecule has 0 heterocycles. The molecule has 1 atom stereocenters. The van der Waals surface area contributed by atoms with Crippen molar-refractivity contribution >= 4 is 49.8 Å². The normalized spacial score (nSPS) is 12.4. The molecule has 0 aliphatic carbocycles. The Morgan fingerprint density at radius 1 is 1.24 bits per heavy atom. The molecule has 0 saturated heterocycles. The second-order valence-corrected chi connectivity index (χ2v) is 6.51. The summed E-state index contributed by atoms with van der Waals surface area (Å²) in [4.78, 5) is 12.8. The number of amides is 1. The van der Waals surface area contributed by atoms with E-state index >= 15 is 0 Å². The molecule has 1 unspecified atom stereocenters. The lowest BCUT2D eigenvalue weighted by atomic mass is 10.0. The number of fused-ring (bicyclic) bond motifs is 1. The van der Waals surface area contributed by atoms with Crippen molar-refractivity contribution in [1.82, 2.24) is 5.32 Å². The highest BCUT2D eigenvalue weighted by Crippen LogP contribution is 2.27. The van der Waals surface area contributed by atoms with Crippen LogP contribution in [0, 0.1) is 5.92 Å². The minimum absolute atomic E-state index is 0.144. The third kappa shape index (κ3) is 3.41. The Balaban J connectivity index is 2.35. The van der Waals surface area contributed by atoms with Gasteiger partial charge in [-0.05, 0) is 38.7 Å². The lowest BCUT2D eigenvalue weighted by molar-refractivity contribution is 0.0939. The maximum Gasteiger partial charge on any atom is 0.253 e. The number of nitrogens with two attached hydrogens (primary N) is 1. The fourth-order valence-corrected chi connectivity index (χ4v) is 3.20. The molecule has 21 heavy (non-hydrogen) atoms. The first-order valence-electron chi connectivity index (χ1n) is 6.69. The van der Waals surface area contributed by atoms with Crippen molar-refractivity contribution in [3.8, 4) is 0 Å². The third-order valence-corrected chi connectivity index (χ3v) is 4.48. The SMILES string of the molecule is CC(C)C(NC(=O)c1ccc2ccccc2c1Br)C(N)=S. The molecule has 2 rings (SSSR count). The van der Waals surface area contributed by atoms with Crippen molar-refractivity contribution in [3.05, 3.63) is 46.4 Å². The van der Waals surface area contributed by atoms with E-state index in [0.717, 1.165) is 15.2 Å². The Kier molecular flexibility index (Phi) is 4.96. The summed E-state index contributed by atoms with van der Waals surface area (Å²) >= 11 is 8.54. The van der Waals surface area contributed by atoms with Crippen LogP contribution in [0.5, 0.6) is 0 Å². The first kappa shape index (κ1) is 15.9. The summed E-state index contributed by atoms with van der Waals surface area (Å²) in [5.74, 6) is -0.0372. The average molecular weight is 365 g/mol. The molecule has 1 amide bonds. The van der Waals surface area contributed by atoms with Crippen molar-refractivity contribution in [1.29, 1.82) is 0 Å². The lowest BCUT2D eigenvalue weighted by Crippen LogP contribution is -2.46. The molecule has 0 aromatic heterocycles. The van der Waals surface area contributed by atoms with E-state index in [1.807, 2.05) is 44.2 Å². The first-order chi connectivity index (χ1) is 9.91. The van der Waals surface area contributed by atoms with Gasteiger partial charge in [-0.15, -0.1) is 0 Å². The Hall–Kier alpha value is -1.46. The van der Waals surface area contributed by atoms with Crippen molar-refractivity contribution < 1.29 is 4.79 Å². The first-order valence-corrected chi connectivity index (χ1v) is 7.89. The maximum atomic E-state index is 12.5. The van der Waals surface area contributed by atoms with Crippen LogP contribution in [0.1, 0.15) is 24.2 Å². The summed E-state index contributed by atoms with van der Waals surface area (Å²) in [5, 5.41) is 4.98. The Morgan fingerprint density at radius 3 is 2.52 bits per heavy atom. The quantitative estimate of drug-likeness (QED) is 0.814. The van der Waals surface area contributed by atoms with Gasteiger partial charge in [-0.3, -0.25) is 4.79 Å². The molecule has 0 saturated carbocycles. The predicted octanol–water partition coefficient (Wildman–Crippen LogP) is 3.64. The third-order valence-electron chi connectivity index (χ3n) is 3.37. The summed E-state index contributed by atoms with van der Waals surface area (Å²) in [6.07, 6.45) is 0. The van der Waals surface area contributed by atoms with Gasteiger partial charge in [0.1, 0.15) is 0 Å². The number of benzene rings is 2. The zero-order valence-electron chi connectivity index (χ0n) is 11.9. The zero-order valence-corrected chi connectivity index (χ0v) is 14.3. The van der Waals surface area contributed by atoms with Gasteiger partial charge in [0.05, 0.1) is 16.6 Å². The highest BCUT2D eigenvalue weighted by atomic mass is 79.9. The van der Waals surface area contributed by atoms with Crippen LogP contribution in [0.3, 0.4) is 0 Å². The highest BCUT2D eigenvalue weighted by Gasteiger charge is 2.21. The molecule has 0 aliphatic rings. The summed E-state index contributed by atoms with van der Waals surface area (Å²) in [6.45, 7) is 3.94. The molecule has 0 aliphatic heterocycles. The Morgan fingerprint density at radius 2 is 1.90 bits per heavy atom. The van der Waals surface area contributed by atoms with Crippen molar-refractivity contribution in [2.24, 2.45) is 11.7 Å². The van der Waals surface area contributed by atoms with Crippen LogP contribution in [0.2, 0.25) is 0 Å². The number of thiocarbonyl (C=S) groups is 1. The van der Waals surface area contributed by atoms with E-state index in [1.54, 1.807) is 6.07 Å². The van der Waals surface area contributed by atoms with E-state index in [9.17, 15) is 4.79 Å². The second-order valence-electron chi connectivity index (χ2n) is 5.25. The van der Waals surface area contributed by atoms with Gasteiger partial charge in [0.25, 0.3) is 5.91 Å². The summed E-state index contributed by atoms with van der Waals surface area (Å²) in [6, 6.07) is 11.3. The van der Waals surface area contributed by atoms with Gasteiger partial charge in [0.2, 0.25) is 0 Å². The number of halogens is 1. The van der Waals surface area contributed by atoms with E-state index in [2.05, 4.69) is 21.2 Å². The summed E-state index contributed by atoms with van der Waals surface area (Å²) < 4.78 is 0.781. The van der Waals surface area contributed by atoms with E-state index in [4.69, 9.17) is 18.0 Å². The highest BCUT2D eigenvalue weighted by molar-refractivity contribution is 9.10. The lowest BCUT2D eigenvalue weighted by Gasteiger charge is -2.21. The Labute approximate surface area is 138 Å². The topological polar surface area (TPSA) is 55.1 Å². The van der Waals surface area contributed by atoms with E-state index in [0.29, 0.717) is 10.6 Å². The number of carbonyl (C=O) groups excluding carboxylic acids is 1. The van der Waals surface area contributed by atoms with Crippen LogP contribution in [-0.2, 0) is 0 Å². The van der Waals surface area contributed by atoms with Crippen LogP contribution < -0.4 is 11.1 Å². The van der Waals surface area contributed by atoms with Crippen LogP contribution in [0.15, 0.2) is 40.9 Å². The molecule has 110 valence electrons. The number of hydrogen-bond acceptors (Lipinski definition) is 2. The minimum Gasteiger partial charge on any atom is -0.392 e.